The predicted octanol–water partition coefficient (Wildman–Crippen LogP) is 3.94. The van der Waals surface area contributed by atoms with Crippen LogP contribution in [0.4, 0.5) is 10.1 Å². The van der Waals surface area contributed by atoms with Gasteiger partial charge < -0.3 is 15.2 Å². The summed E-state index contributed by atoms with van der Waals surface area (Å²) in [6.07, 6.45) is 0. The molecule has 2 aromatic carbocycles. The summed E-state index contributed by atoms with van der Waals surface area (Å²) >= 11 is 4.61. The van der Waals surface area contributed by atoms with E-state index in [4.69, 9.17) is 0 Å². The third-order valence-corrected chi connectivity index (χ3v) is 5.91. The molecular formula is C20H19BrFN5O2S. The molecule has 30 heavy (non-hydrogen) atoms. The van der Waals surface area contributed by atoms with Crippen molar-refractivity contribution in [1.82, 2.24) is 20.1 Å². The molecule has 10 heteroatoms. The van der Waals surface area contributed by atoms with Crippen molar-refractivity contribution in [1.29, 1.82) is 0 Å². The minimum absolute atomic E-state index is 0.0372. The third-order valence-electron chi connectivity index (χ3n) is 4.20. The molecule has 3 rings (SSSR count). The lowest BCUT2D eigenvalue weighted by molar-refractivity contribution is -0.113. The molecule has 0 radical (unpaired) electrons. The second kappa shape index (κ2) is 9.86. The Morgan fingerprint density at radius 1 is 1.17 bits per heavy atom. The highest BCUT2D eigenvalue weighted by molar-refractivity contribution is 9.10. The van der Waals surface area contributed by atoms with Gasteiger partial charge in [-0.05, 0) is 47.1 Å². The number of benzene rings is 2. The monoisotopic (exact) mass is 491 g/mol. The smallest absolute Gasteiger partial charge is 0.254 e. The Morgan fingerprint density at radius 3 is 2.60 bits per heavy atom. The molecule has 0 aliphatic carbocycles. The molecule has 1 heterocycles. The van der Waals surface area contributed by atoms with Crippen molar-refractivity contribution in [3.8, 4) is 0 Å². The first-order chi connectivity index (χ1) is 14.4. The fraction of sp³-hybridized carbons (Fsp3) is 0.200. The van der Waals surface area contributed by atoms with E-state index in [2.05, 4.69) is 36.8 Å². The van der Waals surface area contributed by atoms with Crippen LogP contribution in [0.25, 0.3) is 0 Å². The number of carbonyl (C=O) groups is 2. The first kappa shape index (κ1) is 22.0. The van der Waals surface area contributed by atoms with Crippen molar-refractivity contribution in [2.45, 2.75) is 18.1 Å². The van der Waals surface area contributed by atoms with Crippen molar-refractivity contribution < 1.29 is 14.0 Å². The summed E-state index contributed by atoms with van der Waals surface area (Å²) in [4.78, 5) is 24.5. The van der Waals surface area contributed by atoms with Crippen LogP contribution >= 0.6 is 27.7 Å². The zero-order valence-corrected chi connectivity index (χ0v) is 18.6. The zero-order valence-electron chi connectivity index (χ0n) is 16.2. The first-order valence-electron chi connectivity index (χ1n) is 8.98. The van der Waals surface area contributed by atoms with Gasteiger partial charge in [-0.3, -0.25) is 9.59 Å². The maximum Gasteiger partial charge on any atom is 0.254 e. The molecule has 0 bridgehead atoms. The van der Waals surface area contributed by atoms with Gasteiger partial charge in [-0.25, -0.2) is 4.39 Å². The minimum Gasteiger partial charge on any atom is -0.342 e. The summed E-state index contributed by atoms with van der Waals surface area (Å²) in [7, 11) is 1.75. The Bertz CT molecular complexity index is 1070. The number of carbonyl (C=O) groups excluding carboxylic acids is 2. The molecule has 0 fully saturated rings. The van der Waals surface area contributed by atoms with Crippen molar-refractivity contribution in [2.75, 3.05) is 11.1 Å². The van der Waals surface area contributed by atoms with Gasteiger partial charge in [0.05, 0.1) is 23.0 Å². The molecule has 0 aliphatic heterocycles. The van der Waals surface area contributed by atoms with Crippen LogP contribution in [0.1, 0.15) is 29.1 Å². The standard InChI is InChI=1S/C20H19BrFN5O2S/c1-12(23-19(29)13-7-3-5-9-15(13)22)18-25-26-20(27(18)2)30-11-17(28)24-16-10-6-4-8-14(16)21/h3-10,12H,11H2,1-2H3,(H,23,29)(H,24,28). The maximum atomic E-state index is 13.8. The summed E-state index contributed by atoms with van der Waals surface area (Å²) in [6, 6.07) is 12.6. The van der Waals surface area contributed by atoms with E-state index in [-0.39, 0.29) is 17.2 Å². The van der Waals surface area contributed by atoms with Gasteiger partial charge in [0, 0.05) is 11.5 Å². The number of nitrogens with one attached hydrogen (secondary N) is 2. The van der Waals surface area contributed by atoms with E-state index in [1.54, 1.807) is 30.7 Å². The van der Waals surface area contributed by atoms with Gasteiger partial charge in [0.15, 0.2) is 11.0 Å². The van der Waals surface area contributed by atoms with Crippen LogP contribution in [0, 0.1) is 5.82 Å². The third kappa shape index (κ3) is 5.25. The average molecular weight is 492 g/mol. The van der Waals surface area contributed by atoms with E-state index in [0.717, 1.165) is 4.47 Å². The quantitative estimate of drug-likeness (QED) is 0.488. The molecule has 156 valence electrons. The van der Waals surface area contributed by atoms with Crippen LogP contribution in [0.15, 0.2) is 58.2 Å². The van der Waals surface area contributed by atoms with Gasteiger partial charge in [-0.1, -0.05) is 36.0 Å². The lowest BCUT2D eigenvalue weighted by Gasteiger charge is -2.14. The second-order valence-electron chi connectivity index (χ2n) is 6.39. The number of nitrogens with zero attached hydrogens (tertiary/aromatic N) is 3. The van der Waals surface area contributed by atoms with E-state index in [1.807, 2.05) is 18.2 Å². The van der Waals surface area contributed by atoms with Crippen LogP contribution < -0.4 is 10.6 Å². The lowest BCUT2D eigenvalue weighted by atomic mass is 10.2. The number of anilines is 1. The first-order valence-corrected chi connectivity index (χ1v) is 10.8. The lowest BCUT2D eigenvalue weighted by Crippen LogP contribution is -2.29. The Balaban J connectivity index is 1.60. The summed E-state index contributed by atoms with van der Waals surface area (Å²) in [6.45, 7) is 1.73. The van der Waals surface area contributed by atoms with Gasteiger partial charge in [0.1, 0.15) is 5.82 Å². The molecule has 3 aromatic rings. The number of amides is 2. The number of thioether (sulfide) groups is 1. The zero-order chi connectivity index (χ0) is 21.7. The Labute approximate surface area is 185 Å². The number of halogens is 2. The molecule has 1 atom stereocenters. The summed E-state index contributed by atoms with van der Waals surface area (Å²) in [5, 5.41) is 14.3. The SMILES string of the molecule is CC(NC(=O)c1ccccc1F)c1nnc(SCC(=O)Nc2ccccc2Br)n1C. The van der Waals surface area contributed by atoms with E-state index in [0.29, 0.717) is 16.7 Å². The van der Waals surface area contributed by atoms with Crippen molar-refractivity contribution in [2.24, 2.45) is 7.05 Å². The normalized spacial score (nSPS) is 11.7. The number of rotatable bonds is 7. The van der Waals surface area contributed by atoms with E-state index in [1.165, 1.54) is 30.0 Å². The molecule has 0 saturated carbocycles. The highest BCUT2D eigenvalue weighted by atomic mass is 79.9. The number of para-hydroxylation sites is 1. The predicted molar refractivity (Wildman–Crippen MR) is 117 cm³/mol. The number of hydrogen-bond acceptors (Lipinski definition) is 5. The maximum absolute atomic E-state index is 13.8. The topological polar surface area (TPSA) is 88.9 Å². The molecule has 0 saturated heterocycles. The van der Waals surface area contributed by atoms with Crippen LogP contribution in [0.3, 0.4) is 0 Å². The van der Waals surface area contributed by atoms with Crippen molar-refractivity contribution in [3.63, 3.8) is 0 Å². The van der Waals surface area contributed by atoms with Crippen LogP contribution in [0.5, 0.6) is 0 Å². The largest absolute Gasteiger partial charge is 0.342 e. The Kier molecular flexibility index (Phi) is 7.22. The van der Waals surface area contributed by atoms with E-state index >= 15 is 0 Å². The fourth-order valence-corrected chi connectivity index (χ4v) is 3.79. The van der Waals surface area contributed by atoms with Crippen LogP contribution in [0.2, 0.25) is 0 Å². The average Bonchev–Trinajstić information content (AvgIpc) is 3.09. The summed E-state index contributed by atoms with van der Waals surface area (Å²) < 4.78 is 16.3. The molecule has 7 nitrogen and oxygen atoms in total. The van der Waals surface area contributed by atoms with Gasteiger partial charge in [-0.15, -0.1) is 10.2 Å². The van der Waals surface area contributed by atoms with Crippen LogP contribution in [-0.2, 0) is 11.8 Å². The summed E-state index contributed by atoms with van der Waals surface area (Å²) in [5.41, 5.74) is 0.649. The van der Waals surface area contributed by atoms with Crippen molar-refractivity contribution >= 4 is 45.2 Å². The molecule has 0 spiro atoms. The van der Waals surface area contributed by atoms with Crippen molar-refractivity contribution in [3.05, 3.63) is 70.2 Å². The summed E-state index contributed by atoms with van der Waals surface area (Å²) in [5.74, 6) is -0.674. The Hall–Kier alpha value is -2.72. The molecule has 1 aromatic heterocycles. The van der Waals surface area contributed by atoms with Gasteiger partial charge in [0.25, 0.3) is 5.91 Å². The van der Waals surface area contributed by atoms with Gasteiger partial charge in [0.2, 0.25) is 5.91 Å². The highest BCUT2D eigenvalue weighted by Crippen LogP contribution is 2.23. The molecule has 2 amide bonds. The molecular weight excluding hydrogens is 473 g/mol. The number of aromatic nitrogens is 3. The van der Waals surface area contributed by atoms with Gasteiger partial charge in [-0.2, -0.15) is 0 Å². The second-order valence-corrected chi connectivity index (χ2v) is 8.19. The van der Waals surface area contributed by atoms with Crippen LogP contribution in [-0.4, -0.2) is 32.3 Å². The molecule has 0 aliphatic rings. The van der Waals surface area contributed by atoms with Gasteiger partial charge >= 0.3 is 0 Å². The molecule has 2 N–H and O–H groups in total. The molecule has 1 unspecified atom stereocenters. The highest BCUT2D eigenvalue weighted by Gasteiger charge is 2.20. The van der Waals surface area contributed by atoms with E-state index < -0.39 is 17.8 Å². The fourth-order valence-electron chi connectivity index (χ4n) is 2.69. The van der Waals surface area contributed by atoms with E-state index in [9.17, 15) is 14.0 Å². The Morgan fingerprint density at radius 2 is 1.87 bits per heavy atom. The minimum atomic E-state index is -0.590. The number of hydrogen-bond donors (Lipinski definition) is 2.